The maximum Gasteiger partial charge on any atom is 0.197 e. The Morgan fingerprint density at radius 3 is 3.09 bits per heavy atom. The molecule has 0 spiro atoms. The Labute approximate surface area is 65.2 Å². The number of imidazole rings is 1. The number of hydrogen-bond donors (Lipinski definition) is 0. The van der Waals surface area contributed by atoms with Crippen molar-refractivity contribution < 1.29 is 0 Å². The van der Waals surface area contributed by atoms with Crippen molar-refractivity contribution in [2.45, 2.75) is 20.4 Å². The van der Waals surface area contributed by atoms with E-state index < -0.39 is 0 Å². The second-order valence-corrected chi connectivity index (χ2v) is 2.27. The minimum Gasteiger partial charge on any atom is -0.310 e. The molecule has 0 aliphatic heterocycles. The molecule has 0 atom stereocenters. The van der Waals surface area contributed by atoms with Crippen LogP contribution in [0.3, 0.4) is 0 Å². The Hall–Kier alpha value is -1.19. The van der Waals surface area contributed by atoms with Crippen molar-refractivity contribution >= 4 is 5.82 Å². The molecule has 0 aliphatic rings. The average molecular weight is 152 g/mol. The van der Waals surface area contributed by atoms with Gasteiger partial charge in [-0.2, -0.15) is 0 Å². The molecule has 0 amide bonds. The lowest BCUT2D eigenvalue weighted by Gasteiger charge is -2.01. The summed E-state index contributed by atoms with van der Waals surface area (Å²) in [5, 5.41) is 2.84. The van der Waals surface area contributed by atoms with Crippen LogP contribution in [0.2, 0.25) is 0 Å². The smallest absolute Gasteiger partial charge is 0.197 e. The Kier molecular flexibility index (Phi) is 2.36. The zero-order valence-corrected chi connectivity index (χ0v) is 6.61. The number of aromatic nitrogens is 2. The lowest BCUT2D eigenvalue weighted by atomic mass is 10.4. The highest BCUT2D eigenvalue weighted by Gasteiger charge is 2.04. The van der Waals surface area contributed by atoms with Gasteiger partial charge in [-0.3, -0.25) is 0 Å². The van der Waals surface area contributed by atoms with E-state index in [9.17, 15) is 4.91 Å². The highest BCUT2D eigenvalue weighted by atomic mass is 16.3. The van der Waals surface area contributed by atoms with Gasteiger partial charge in [0.2, 0.25) is 0 Å². The van der Waals surface area contributed by atoms with Gasteiger partial charge in [-0.05, 0) is 18.5 Å². The number of hydrogen-bond acceptors (Lipinski definition) is 3. The summed E-state index contributed by atoms with van der Waals surface area (Å²) in [5.74, 6) is 1.21. The summed E-state index contributed by atoms with van der Waals surface area (Å²) in [6.07, 6.45) is 3.43. The molecule has 0 saturated carbocycles. The summed E-state index contributed by atoms with van der Waals surface area (Å²) < 4.78 is 1.76. The van der Waals surface area contributed by atoms with Crippen LogP contribution >= 0.6 is 0 Å². The van der Waals surface area contributed by atoms with Crippen LogP contribution in [0.25, 0.3) is 0 Å². The van der Waals surface area contributed by atoms with E-state index in [0.29, 0.717) is 12.4 Å². The van der Waals surface area contributed by atoms with Gasteiger partial charge in [0.15, 0.2) is 5.82 Å². The van der Waals surface area contributed by atoms with Gasteiger partial charge in [0.05, 0.1) is 6.20 Å². The molecule has 0 fully saturated rings. The molecule has 0 aromatic carbocycles. The highest BCUT2D eigenvalue weighted by Crippen LogP contribution is 2.13. The quantitative estimate of drug-likeness (QED) is 0.620. The van der Waals surface area contributed by atoms with Crippen molar-refractivity contribution in [2.75, 3.05) is 0 Å². The lowest BCUT2D eigenvalue weighted by molar-refractivity contribution is 0.747. The zero-order chi connectivity index (χ0) is 8.27. The van der Waals surface area contributed by atoms with Gasteiger partial charge in [0.25, 0.3) is 0 Å². The third kappa shape index (κ3) is 1.45. The Bertz CT molecular complexity index is 254. The SMILES string of the molecule is C[CH]Cn1c(N=O)cnc1C. The molecule has 0 aliphatic carbocycles. The Balaban J connectivity index is 2.97. The van der Waals surface area contributed by atoms with Gasteiger partial charge in [-0.1, -0.05) is 6.92 Å². The molecule has 1 aromatic rings. The summed E-state index contributed by atoms with van der Waals surface area (Å²) in [4.78, 5) is 14.1. The second kappa shape index (κ2) is 3.27. The van der Waals surface area contributed by atoms with E-state index in [4.69, 9.17) is 0 Å². The molecule has 0 unspecified atom stereocenters. The number of nitrogens with zero attached hydrogens (tertiary/aromatic N) is 3. The molecule has 1 rings (SSSR count). The first-order valence-electron chi connectivity index (χ1n) is 3.43. The predicted molar refractivity (Wildman–Crippen MR) is 42.4 cm³/mol. The molecule has 1 heterocycles. The van der Waals surface area contributed by atoms with Crippen LogP contribution in [0.5, 0.6) is 0 Å². The van der Waals surface area contributed by atoms with Crippen molar-refractivity contribution in [3.05, 3.63) is 23.3 Å². The van der Waals surface area contributed by atoms with E-state index in [1.54, 1.807) is 4.57 Å². The van der Waals surface area contributed by atoms with Crippen molar-refractivity contribution in [2.24, 2.45) is 5.18 Å². The van der Waals surface area contributed by atoms with Gasteiger partial charge in [0, 0.05) is 6.54 Å². The molecule has 0 saturated heterocycles. The van der Waals surface area contributed by atoms with E-state index in [0.717, 1.165) is 5.82 Å². The van der Waals surface area contributed by atoms with Gasteiger partial charge in [-0.25, -0.2) is 4.98 Å². The molecule has 0 N–H and O–H groups in total. The number of rotatable bonds is 3. The molecule has 11 heavy (non-hydrogen) atoms. The fourth-order valence-corrected chi connectivity index (χ4v) is 0.937. The first kappa shape index (κ1) is 7.91. The normalized spacial score (nSPS) is 10.0. The fraction of sp³-hybridized carbons (Fsp3) is 0.429. The first-order chi connectivity index (χ1) is 5.29. The summed E-state index contributed by atoms with van der Waals surface area (Å²) in [7, 11) is 0. The number of aryl methyl sites for hydroxylation is 1. The van der Waals surface area contributed by atoms with Crippen LogP contribution in [0.15, 0.2) is 11.4 Å². The van der Waals surface area contributed by atoms with E-state index >= 15 is 0 Å². The van der Waals surface area contributed by atoms with Crippen LogP contribution in [0, 0.1) is 18.3 Å². The first-order valence-corrected chi connectivity index (χ1v) is 3.43. The molecular formula is C7H10N3O. The monoisotopic (exact) mass is 152 g/mol. The van der Waals surface area contributed by atoms with Crippen LogP contribution in [0.1, 0.15) is 12.7 Å². The second-order valence-electron chi connectivity index (χ2n) is 2.27. The Morgan fingerprint density at radius 2 is 2.55 bits per heavy atom. The third-order valence-corrected chi connectivity index (χ3v) is 1.49. The predicted octanol–water partition coefficient (Wildman–Crippen LogP) is 1.81. The molecule has 0 bridgehead atoms. The fourth-order valence-electron chi connectivity index (χ4n) is 0.937. The largest absolute Gasteiger partial charge is 0.310 e. The summed E-state index contributed by atoms with van der Waals surface area (Å²) in [5.41, 5.74) is 0. The van der Waals surface area contributed by atoms with E-state index in [1.807, 2.05) is 20.3 Å². The molecule has 4 heteroatoms. The lowest BCUT2D eigenvalue weighted by Crippen LogP contribution is -1.98. The zero-order valence-electron chi connectivity index (χ0n) is 6.61. The van der Waals surface area contributed by atoms with Gasteiger partial charge in [0.1, 0.15) is 5.82 Å². The molecular weight excluding hydrogens is 142 g/mol. The van der Waals surface area contributed by atoms with E-state index in [2.05, 4.69) is 10.2 Å². The number of nitroso groups, excluding NO2 is 1. The van der Waals surface area contributed by atoms with Crippen LogP contribution in [-0.4, -0.2) is 9.55 Å². The van der Waals surface area contributed by atoms with Crippen molar-refractivity contribution in [1.29, 1.82) is 0 Å². The molecule has 1 radical (unpaired) electrons. The van der Waals surface area contributed by atoms with Gasteiger partial charge >= 0.3 is 0 Å². The summed E-state index contributed by atoms with van der Waals surface area (Å²) in [6.45, 7) is 4.46. The minimum atomic E-state index is 0.389. The van der Waals surface area contributed by atoms with Gasteiger partial charge < -0.3 is 4.57 Å². The maximum absolute atomic E-state index is 10.2. The van der Waals surface area contributed by atoms with E-state index in [1.165, 1.54) is 6.20 Å². The van der Waals surface area contributed by atoms with E-state index in [-0.39, 0.29) is 0 Å². The van der Waals surface area contributed by atoms with Crippen LogP contribution < -0.4 is 0 Å². The standard InChI is InChI=1S/C7H10N3O/c1-3-4-10-6(2)8-5-7(10)9-11/h3,5H,4H2,1-2H3. The van der Waals surface area contributed by atoms with Crippen LogP contribution in [0.4, 0.5) is 5.82 Å². The molecule has 1 aromatic heterocycles. The topological polar surface area (TPSA) is 47.2 Å². The maximum atomic E-state index is 10.2. The van der Waals surface area contributed by atoms with Crippen molar-refractivity contribution in [3.8, 4) is 0 Å². The summed E-state index contributed by atoms with van der Waals surface area (Å²) >= 11 is 0. The van der Waals surface area contributed by atoms with Gasteiger partial charge in [-0.15, -0.1) is 4.91 Å². The minimum absolute atomic E-state index is 0.389. The van der Waals surface area contributed by atoms with Crippen molar-refractivity contribution in [1.82, 2.24) is 9.55 Å². The highest BCUT2D eigenvalue weighted by molar-refractivity contribution is 5.26. The Morgan fingerprint density at radius 1 is 1.82 bits per heavy atom. The molecule has 4 nitrogen and oxygen atoms in total. The van der Waals surface area contributed by atoms with Crippen molar-refractivity contribution in [3.63, 3.8) is 0 Å². The molecule has 59 valence electrons. The van der Waals surface area contributed by atoms with Crippen LogP contribution in [-0.2, 0) is 6.54 Å². The average Bonchev–Trinajstić information content (AvgIpc) is 2.34. The third-order valence-electron chi connectivity index (χ3n) is 1.49. The summed E-state index contributed by atoms with van der Waals surface area (Å²) in [6, 6.07) is 0.